The van der Waals surface area contributed by atoms with Crippen LogP contribution in [0, 0.1) is 0 Å². The fourth-order valence-corrected chi connectivity index (χ4v) is 4.53. The summed E-state index contributed by atoms with van der Waals surface area (Å²) in [7, 11) is 0. The molecule has 0 aliphatic heterocycles. The molecule has 0 saturated carbocycles. The van der Waals surface area contributed by atoms with Crippen molar-refractivity contribution in [3.63, 3.8) is 0 Å². The number of amides is 1. The van der Waals surface area contributed by atoms with Gasteiger partial charge in [-0.2, -0.15) is 0 Å². The van der Waals surface area contributed by atoms with Crippen molar-refractivity contribution in [2.75, 3.05) is 6.61 Å². The second-order valence-corrected chi connectivity index (χ2v) is 7.51. The van der Waals surface area contributed by atoms with Gasteiger partial charge >= 0.3 is 5.97 Å². The summed E-state index contributed by atoms with van der Waals surface area (Å²) in [6, 6.07) is 9.86. The molecule has 7 heteroatoms. The minimum Gasteiger partial charge on any atom is -0.480 e. The van der Waals surface area contributed by atoms with Crippen LogP contribution in [0.3, 0.4) is 0 Å². The van der Waals surface area contributed by atoms with Crippen molar-refractivity contribution in [1.82, 2.24) is 4.57 Å². The summed E-state index contributed by atoms with van der Waals surface area (Å²) in [6.07, 6.45) is 4.41. The number of hydrogen-bond acceptors (Lipinski definition) is 3. The highest BCUT2D eigenvalue weighted by molar-refractivity contribution is 5.90. The third-order valence-electron chi connectivity index (χ3n) is 5.77. The maximum Gasteiger partial charge on any atom is 0.329 e. The summed E-state index contributed by atoms with van der Waals surface area (Å²) in [4.78, 5) is 23.7. The number of benzene rings is 1. The molecule has 152 valence electrons. The Balaban J connectivity index is 1.92. The van der Waals surface area contributed by atoms with Crippen molar-refractivity contribution in [1.29, 1.82) is 0 Å². The van der Waals surface area contributed by atoms with Gasteiger partial charge in [-0.25, -0.2) is 9.18 Å². The number of hydrogen-bond donors (Lipinski definition) is 2. The molecule has 2 aromatic rings. The van der Waals surface area contributed by atoms with Crippen LogP contribution in [0.5, 0.6) is 0 Å². The predicted molar refractivity (Wildman–Crippen MR) is 105 cm³/mol. The normalized spacial score (nSPS) is 22.7. The lowest BCUT2D eigenvalue weighted by molar-refractivity contribution is -0.165. The highest BCUT2D eigenvalue weighted by Crippen LogP contribution is 2.45. The zero-order valence-corrected chi connectivity index (χ0v) is 15.9. The summed E-state index contributed by atoms with van der Waals surface area (Å²) >= 11 is 0. The third-order valence-corrected chi connectivity index (χ3v) is 5.77. The predicted octanol–water partition coefficient (Wildman–Crippen LogP) is 2.56. The van der Waals surface area contributed by atoms with E-state index in [1.54, 1.807) is 6.08 Å². The number of nitrogens with zero attached hydrogens (tertiary/aromatic N) is 1. The Morgan fingerprint density at radius 2 is 1.97 bits per heavy atom. The van der Waals surface area contributed by atoms with Crippen LogP contribution >= 0.6 is 0 Å². The Hall–Kier alpha value is -2.93. The quantitative estimate of drug-likeness (QED) is 0.782. The van der Waals surface area contributed by atoms with Gasteiger partial charge in [-0.1, -0.05) is 30.3 Å². The first-order chi connectivity index (χ1) is 13.9. The molecule has 2 aliphatic rings. The number of carboxylic acids is 1. The van der Waals surface area contributed by atoms with E-state index in [-0.39, 0.29) is 0 Å². The molecule has 2 atom stereocenters. The molecule has 1 aromatic carbocycles. The number of fused-ring (bicyclic) bond motifs is 3. The lowest BCUT2D eigenvalue weighted by Gasteiger charge is -2.35. The molecule has 0 bridgehead atoms. The van der Waals surface area contributed by atoms with Crippen molar-refractivity contribution in [3.8, 4) is 0 Å². The van der Waals surface area contributed by atoms with Crippen molar-refractivity contribution < 1.29 is 23.8 Å². The average molecular weight is 398 g/mol. The van der Waals surface area contributed by atoms with E-state index < -0.39 is 30.3 Å². The molecule has 1 aromatic heterocycles. The lowest BCUT2D eigenvalue weighted by atomic mass is 9.79. The molecule has 0 fully saturated rings. The highest BCUT2D eigenvalue weighted by Gasteiger charge is 2.53. The molecule has 0 saturated heterocycles. The van der Waals surface area contributed by atoms with Gasteiger partial charge in [0.2, 0.25) is 5.60 Å². The highest BCUT2D eigenvalue weighted by atomic mass is 19.1. The summed E-state index contributed by atoms with van der Waals surface area (Å²) < 4.78 is 22.7. The van der Waals surface area contributed by atoms with Gasteiger partial charge < -0.3 is 20.1 Å². The van der Waals surface area contributed by atoms with Crippen LogP contribution in [0.15, 0.2) is 36.4 Å². The van der Waals surface area contributed by atoms with E-state index in [1.165, 1.54) is 6.08 Å². The monoisotopic (exact) mass is 398 g/mol. The van der Waals surface area contributed by atoms with E-state index >= 15 is 4.39 Å². The van der Waals surface area contributed by atoms with Crippen molar-refractivity contribution in [2.24, 2.45) is 5.73 Å². The summed E-state index contributed by atoms with van der Waals surface area (Å²) in [5.74, 6) is -2.30. The molecule has 3 N–H and O–H groups in total. The number of halogens is 1. The summed E-state index contributed by atoms with van der Waals surface area (Å²) in [5.41, 5.74) is 7.55. The number of carbonyl (C=O) groups is 2. The van der Waals surface area contributed by atoms with E-state index in [1.807, 2.05) is 30.3 Å². The summed E-state index contributed by atoms with van der Waals surface area (Å²) in [6.45, 7) is -0.247. The maximum absolute atomic E-state index is 15.2. The molecule has 0 radical (unpaired) electrons. The number of alkyl halides is 1. The van der Waals surface area contributed by atoms with E-state index in [9.17, 15) is 9.59 Å². The molecule has 6 nitrogen and oxygen atoms in total. The van der Waals surface area contributed by atoms with Crippen LogP contribution in [-0.4, -0.2) is 34.3 Å². The number of aromatic nitrogens is 1. The molecule has 0 spiro atoms. The third kappa shape index (κ3) is 3.15. The number of ether oxygens (including phenoxy) is 1. The van der Waals surface area contributed by atoms with Crippen LogP contribution in [0.4, 0.5) is 4.39 Å². The SMILES string of the molecule is NC(=O)C1(OCC(=O)O)c2c3c(n(Cc4ccccc4)c2C=CC1F)CCCC3. The number of aliphatic carboxylic acids is 1. The molecule has 4 rings (SSSR count). The first-order valence-electron chi connectivity index (χ1n) is 9.71. The minimum atomic E-state index is -2.13. The molecule has 29 heavy (non-hydrogen) atoms. The van der Waals surface area contributed by atoms with E-state index in [0.717, 1.165) is 36.1 Å². The number of rotatable bonds is 6. The zero-order chi connectivity index (χ0) is 20.6. The lowest BCUT2D eigenvalue weighted by Crippen LogP contribution is -2.52. The van der Waals surface area contributed by atoms with Gasteiger partial charge in [0.05, 0.1) is 0 Å². The Labute approximate surface area is 167 Å². The van der Waals surface area contributed by atoms with Gasteiger partial charge in [-0.15, -0.1) is 0 Å². The van der Waals surface area contributed by atoms with E-state index in [4.69, 9.17) is 15.6 Å². The molecule has 2 aliphatic carbocycles. The fourth-order valence-electron chi connectivity index (χ4n) is 4.53. The maximum atomic E-state index is 15.2. The second-order valence-electron chi connectivity index (χ2n) is 7.51. The van der Waals surface area contributed by atoms with Gasteiger partial charge in [0.25, 0.3) is 5.91 Å². The topological polar surface area (TPSA) is 94.6 Å². The van der Waals surface area contributed by atoms with Crippen LogP contribution in [0.2, 0.25) is 0 Å². The molecular weight excluding hydrogens is 375 g/mol. The van der Waals surface area contributed by atoms with Gasteiger partial charge in [-0.3, -0.25) is 4.79 Å². The van der Waals surface area contributed by atoms with Crippen LogP contribution in [0.25, 0.3) is 6.08 Å². The van der Waals surface area contributed by atoms with Gasteiger partial charge in [0.15, 0.2) is 6.17 Å². The molecule has 2 unspecified atom stereocenters. The largest absolute Gasteiger partial charge is 0.480 e. The number of nitrogens with two attached hydrogens (primary N) is 1. The number of carboxylic acid groups (broad SMARTS) is 1. The standard InChI is InChI=1S/C22H23FN2O4/c23-18-11-10-17-20(22(18,21(24)28)29-13-19(26)27)15-8-4-5-9-16(15)25(17)12-14-6-2-1-3-7-14/h1-3,6-7,10-11,18H,4-5,8-9,12-13H2,(H2,24,28)(H,26,27). The Morgan fingerprint density at radius 1 is 1.24 bits per heavy atom. The fraction of sp³-hybridized carbons (Fsp3) is 0.364. The average Bonchev–Trinajstić information content (AvgIpc) is 3.02. The number of primary amides is 1. The Morgan fingerprint density at radius 3 is 2.66 bits per heavy atom. The van der Waals surface area contributed by atoms with Crippen LogP contribution in [-0.2, 0) is 39.3 Å². The first kappa shape index (κ1) is 19.4. The van der Waals surface area contributed by atoms with Crippen LogP contribution < -0.4 is 5.73 Å². The Kier molecular flexibility index (Phi) is 5.00. The smallest absolute Gasteiger partial charge is 0.329 e. The second kappa shape index (κ2) is 7.48. The molecule has 1 heterocycles. The molecular formula is C22H23FN2O4. The number of carbonyl (C=O) groups excluding carboxylic acids is 1. The van der Waals surface area contributed by atoms with Gasteiger partial charge in [0.1, 0.15) is 6.61 Å². The van der Waals surface area contributed by atoms with Gasteiger partial charge in [0, 0.05) is 23.5 Å². The van der Waals surface area contributed by atoms with Crippen molar-refractivity contribution in [2.45, 2.75) is 44.0 Å². The van der Waals surface area contributed by atoms with E-state index in [0.29, 0.717) is 24.2 Å². The first-order valence-corrected chi connectivity index (χ1v) is 9.71. The van der Waals surface area contributed by atoms with Crippen molar-refractivity contribution in [3.05, 3.63) is 64.5 Å². The Bertz CT molecular complexity index is 982. The van der Waals surface area contributed by atoms with Crippen LogP contribution in [0.1, 0.15) is 40.9 Å². The van der Waals surface area contributed by atoms with Crippen molar-refractivity contribution >= 4 is 18.0 Å². The van der Waals surface area contributed by atoms with Gasteiger partial charge in [-0.05, 0) is 49.0 Å². The van der Waals surface area contributed by atoms with E-state index in [2.05, 4.69) is 4.57 Å². The summed E-state index contributed by atoms with van der Waals surface area (Å²) in [5, 5.41) is 9.09. The molecule has 1 amide bonds. The zero-order valence-electron chi connectivity index (χ0n) is 15.9. The minimum absolute atomic E-state index is 0.395.